The first kappa shape index (κ1) is 11.2. The van der Waals surface area contributed by atoms with E-state index >= 15 is 0 Å². The summed E-state index contributed by atoms with van der Waals surface area (Å²) in [4.78, 5) is 0. The highest BCUT2D eigenvalue weighted by molar-refractivity contribution is 5.06. The first-order chi connectivity index (χ1) is 7.07. The van der Waals surface area contributed by atoms with Gasteiger partial charge in [-0.2, -0.15) is 0 Å². The molecule has 2 atom stereocenters. The Balaban J connectivity index is 1.80. The van der Waals surface area contributed by atoms with Gasteiger partial charge in [0.25, 0.3) is 0 Å². The Morgan fingerprint density at radius 1 is 1.27 bits per heavy atom. The molecule has 0 heterocycles. The largest absolute Gasteiger partial charge is 0.308 e. The van der Waals surface area contributed by atoms with Crippen molar-refractivity contribution >= 4 is 0 Å². The van der Waals surface area contributed by atoms with Gasteiger partial charge in [-0.15, -0.1) is 0 Å². The summed E-state index contributed by atoms with van der Waals surface area (Å²) in [5.74, 6) is 0.952. The standard InChI is InChI=1S/C14H25N/c1-11(12-5-4-6-12)15-13-7-9-14(2,3)10-8-13/h7,9,11-13,15H,4-6,8,10H2,1-3H3. The molecular weight excluding hydrogens is 182 g/mol. The lowest BCUT2D eigenvalue weighted by molar-refractivity contribution is 0.224. The molecule has 0 aromatic rings. The fourth-order valence-corrected chi connectivity index (χ4v) is 2.64. The van der Waals surface area contributed by atoms with Crippen LogP contribution in [0.4, 0.5) is 0 Å². The van der Waals surface area contributed by atoms with Gasteiger partial charge in [-0.25, -0.2) is 0 Å². The minimum atomic E-state index is 0.428. The van der Waals surface area contributed by atoms with Gasteiger partial charge in [-0.1, -0.05) is 32.4 Å². The molecule has 1 heteroatoms. The minimum Gasteiger partial charge on any atom is -0.308 e. The highest BCUT2D eigenvalue weighted by Crippen LogP contribution is 2.32. The lowest BCUT2D eigenvalue weighted by Crippen LogP contribution is -2.43. The van der Waals surface area contributed by atoms with E-state index in [0.29, 0.717) is 11.5 Å². The molecule has 2 aliphatic rings. The second-order valence-corrected chi connectivity index (χ2v) is 6.14. The van der Waals surface area contributed by atoms with Crippen molar-refractivity contribution in [2.45, 2.75) is 65.0 Å². The van der Waals surface area contributed by atoms with Crippen LogP contribution in [0.2, 0.25) is 0 Å². The zero-order chi connectivity index (χ0) is 10.9. The van der Waals surface area contributed by atoms with E-state index in [2.05, 4.69) is 38.2 Å². The van der Waals surface area contributed by atoms with Crippen LogP contribution in [0.25, 0.3) is 0 Å². The Morgan fingerprint density at radius 3 is 2.47 bits per heavy atom. The van der Waals surface area contributed by atoms with E-state index in [1.807, 2.05) is 0 Å². The summed E-state index contributed by atoms with van der Waals surface area (Å²) in [6.45, 7) is 7.02. The third-order valence-corrected chi connectivity index (χ3v) is 4.21. The maximum Gasteiger partial charge on any atom is 0.0253 e. The third-order valence-electron chi connectivity index (χ3n) is 4.21. The molecule has 1 saturated carbocycles. The van der Waals surface area contributed by atoms with Crippen LogP contribution in [0.15, 0.2) is 12.2 Å². The maximum absolute atomic E-state index is 3.77. The van der Waals surface area contributed by atoms with Gasteiger partial charge in [0.1, 0.15) is 0 Å². The fraction of sp³-hybridized carbons (Fsp3) is 0.857. The molecule has 0 bridgehead atoms. The van der Waals surface area contributed by atoms with Crippen molar-refractivity contribution < 1.29 is 0 Å². The fourth-order valence-electron chi connectivity index (χ4n) is 2.64. The lowest BCUT2D eigenvalue weighted by atomic mass is 9.78. The molecular formula is C14H25N. The zero-order valence-corrected chi connectivity index (χ0v) is 10.4. The van der Waals surface area contributed by atoms with Crippen LogP contribution in [0.5, 0.6) is 0 Å². The number of rotatable bonds is 3. The van der Waals surface area contributed by atoms with E-state index in [0.717, 1.165) is 12.0 Å². The molecule has 1 fully saturated rings. The third kappa shape index (κ3) is 2.84. The Kier molecular flexibility index (Phi) is 3.20. The van der Waals surface area contributed by atoms with Crippen molar-refractivity contribution in [2.24, 2.45) is 11.3 Å². The summed E-state index contributed by atoms with van der Waals surface area (Å²) in [6, 6.07) is 1.35. The van der Waals surface area contributed by atoms with Gasteiger partial charge in [-0.3, -0.25) is 0 Å². The molecule has 0 aromatic heterocycles. The first-order valence-electron chi connectivity index (χ1n) is 6.52. The molecule has 0 saturated heterocycles. The molecule has 1 nitrogen and oxygen atoms in total. The zero-order valence-electron chi connectivity index (χ0n) is 10.4. The summed E-state index contributed by atoms with van der Waals surface area (Å²) in [7, 11) is 0. The number of nitrogens with one attached hydrogen (secondary N) is 1. The van der Waals surface area contributed by atoms with Crippen molar-refractivity contribution in [3.8, 4) is 0 Å². The van der Waals surface area contributed by atoms with E-state index in [9.17, 15) is 0 Å². The Labute approximate surface area is 94.3 Å². The van der Waals surface area contributed by atoms with Gasteiger partial charge in [0.2, 0.25) is 0 Å². The van der Waals surface area contributed by atoms with E-state index in [-0.39, 0.29) is 0 Å². The predicted octanol–water partition coefficient (Wildman–Crippen LogP) is 3.51. The Bertz CT molecular complexity index is 238. The monoisotopic (exact) mass is 207 g/mol. The number of hydrogen-bond donors (Lipinski definition) is 1. The Hall–Kier alpha value is -0.300. The van der Waals surface area contributed by atoms with Crippen LogP contribution in [0.3, 0.4) is 0 Å². The van der Waals surface area contributed by atoms with Gasteiger partial charge in [0.05, 0.1) is 0 Å². The van der Waals surface area contributed by atoms with Crippen LogP contribution < -0.4 is 5.32 Å². The molecule has 2 unspecified atom stereocenters. The molecule has 0 aromatic carbocycles. The molecule has 0 radical (unpaired) electrons. The quantitative estimate of drug-likeness (QED) is 0.698. The molecule has 2 aliphatic carbocycles. The summed E-state index contributed by atoms with van der Waals surface area (Å²) in [5.41, 5.74) is 0.428. The van der Waals surface area contributed by atoms with E-state index < -0.39 is 0 Å². The molecule has 0 aliphatic heterocycles. The van der Waals surface area contributed by atoms with Crippen molar-refractivity contribution in [3.63, 3.8) is 0 Å². The average Bonchev–Trinajstić information content (AvgIpc) is 2.05. The van der Waals surface area contributed by atoms with Gasteiger partial charge in [0, 0.05) is 12.1 Å². The van der Waals surface area contributed by atoms with Crippen LogP contribution in [-0.4, -0.2) is 12.1 Å². The van der Waals surface area contributed by atoms with Gasteiger partial charge in [-0.05, 0) is 43.9 Å². The highest BCUT2D eigenvalue weighted by Gasteiger charge is 2.27. The SMILES string of the molecule is CC(NC1C=CC(C)(C)CC1)C1CCC1. The number of hydrogen-bond acceptors (Lipinski definition) is 1. The molecule has 0 spiro atoms. The van der Waals surface area contributed by atoms with Gasteiger partial charge < -0.3 is 5.32 Å². The highest BCUT2D eigenvalue weighted by atomic mass is 14.9. The summed E-state index contributed by atoms with van der Waals surface area (Å²) in [5, 5.41) is 3.77. The second-order valence-electron chi connectivity index (χ2n) is 6.14. The van der Waals surface area contributed by atoms with Crippen LogP contribution >= 0.6 is 0 Å². The van der Waals surface area contributed by atoms with Crippen LogP contribution in [0, 0.1) is 11.3 Å². The van der Waals surface area contributed by atoms with E-state index in [1.165, 1.54) is 32.1 Å². The van der Waals surface area contributed by atoms with Crippen LogP contribution in [-0.2, 0) is 0 Å². The van der Waals surface area contributed by atoms with Gasteiger partial charge >= 0.3 is 0 Å². The molecule has 0 amide bonds. The smallest absolute Gasteiger partial charge is 0.0253 e. The van der Waals surface area contributed by atoms with Crippen molar-refractivity contribution in [1.82, 2.24) is 5.32 Å². The van der Waals surface area contributed by atoms with Crippen molar-refractivity contribution in [3.05, 3.63) is 12.2 Å². The minimum absolute atomic E-state index is 0.428. The normalized spacial score (nSPS) is 32.3. The second kappa shape index (κ2) is 4.29. The lowest BCUT2D eigenvalue weighted by Gasteiger charge is -2.36. The molecule has 2 rings (SSSR count). The maximum atomic E-state index is 3.77. The van der Waals surface area contributed by atoms with Crippen molar-refractivity contribution in [1.29, 1.82) is 0 Å². The van der Waals surface area contributed by atoms with Crippen molar-refractivity contribution in [2.75, 3.05) is 0 Å². The summed E-state index contributed by atoms with van der Waals surface area (Å²) >= 11 is 0. The van der Waals surface area contributed by atoms with Crippen LogP contribution in [0.1, 0.15) is 52.9 Å². The first-order valence-corrected chi connectivity index (χ1v) is 6.52. The topological polar surface area (TPSA) is 12.0 Å². The molecule has 86 valence electrons. The Morgan fingerprint density at radius 2 is 2.00 bits per heavy atom. The van der Waals surface area contributed by atoms with Gasteiger partial charge in [0.15, 0.2) is 0 Å². The van der Waals surface area contributed by atoms with E-state index in [4.69, 9.17) is 0 Å². The molecule has 1 N–H and O–H groups in total. The summed E-state index contributed by atoms with van der Waals surface area (Å²) < 4.78 is 0. The average molecular weight is 207 g/mol. The molecule has 15 heavy (non-hydrogen) atoms. The predicted molar refractivity (Wildman–Crippen MR) is 65.9 cm³/mol. The number of allylic oxidation sites excluding steroid dienone is 1. The van der Waals surface area contributed by atoms with E-state index in [1.54, 1.807) is 0 Å². The summed E-state index contributed by atoms with van der Waals surface area (Å²) in [6.07, 6.45) is 11.7.